The number of pyridine rings is 1. The van der Waals surface area contributed by atoms with Crippen molar-refractivity contribution in [3.63, 3.8) is 0 Å². The van der Waals surface area contributed by atoms with Gasteiger partial charge in [-0.25, -0.2) is 5.10 Å². The largest absolute Gasteiger partial charge is 0.497 e. The van der Waals surface area contributed by atoms with Crippen LogP contribution in [0.15, 0.2) is 73.2 Å². The first-order valence-electron chi connectivity index (χ1n) is 8.90. The van der Waals surface area contributed by atoms with Crippen molar-refractivity contribution in [2.45, 2.75) is 0 Å². The van der Waals surface area contributed by atoms with Crippen LogP contribution in [0.5, 0.6) is 5.75 Å². The smallest absolute Gasteiger partial charge is 0.113 e. The van der Waals surface area contributed by atoms with Crippen molar-refractivity contribution in [1.82, 2.24) is 24.7 Å². The van der Waals surface area contributed by atoms with Gasteiger partial charge in [-0.3, -0.25) is 8.78 Å². The second kappa shape index (κ2) is 10.1. The number of halogens is 2. The maximum absolute atomic E-state index is 13.4. The Kier molecular flexibility index (Phi) is 7.23. The molecule has 5 aromatic rings. The summed E-state index contributed by atoms with van der Waals surface area (Å²) in [6.45, 7) is 0. The molecule has 2 aromatic carbocycles. The summed E-state index contributed by atoms with van der Waals surface area (Å²) >= 11 is 0. The number of hydrogen-bond acceptors (Lipinski definition) is 4. The summed E-state index contributed by atoms with van der Waals surface area (Å²) in [7, 11) is 1.50. The number of benzene rings is 2. The summed E-state index contributed by atoms with van der Waals surface area (Å²) in [6, 6.07) is 17.2. The van der Waals surface area contributed by atoms with E-state index in [1.807, 2.05) is 36.5 Å². The zero-order valence-corrected chi connectivity index (χ0v) is 18.6. The number of nitrogens with zero attached hydrogens (tertiary/aromatic N) is 5. The SMILES string of the molecule is COc1ccnc(-c2[c-]cc(F)cc2F)c1.[Ir].c1ccc2[n-]c(-n3cccn3)nc2c1. The number of methoxy groups -OCH3 is 1. The minimum Gasteiger partial charge on any atom is -0.497 e. The molecule has 0 spiro atoms. The van der Waals surface area contributed by atoms with E-state index in [1.54, 1.807) is 23.0 Å². The van der Waals surface area contributed by atoms with Crippen LogP contribution >= 0.6 is 0 Å². The van der Waals surface area contributed by atoms with Gasteiger partial charge in [0.2, 0.25) is 0 Å². The maximum Gasteiger partial charge on any atom is 0.113 e. The fourth-order valence-corrected chi connectivity index (χ4v) is 2.70. The summed E-state index contributed by atoms with van der Waals surface area (Å²) in [5, 5.41) is 4.07. The first kappa shape index (κ1) is 22.3. The van der Waals surface area contributed by atoms with E-state index in [1.165, 1.54) is 13.3 Å². The molecule has 0 fully saturated rings. The van der Waals surface area contributed by atoms with E-state index >= 15 is 0 Å². The van der Waals surface area contributed by atoms with Crippen molar-refractivity contribution < 1.29 is 33.6 Å². The molecule has 0 saturated carbocycles. The molecule has 0 aliphatic carbocycles. The van der Waals surface area contributed by atoms with E-state index in [9.17, 15) is 8.78 Å². The van der Waals surface area contributed by atoms with Gasteiger partial charge in [-0.1, -0.05) is 35.9 Å². The molecule has 0 saturated heterocycles. The van der Waals surface area contributed by atoms with Gasteiger partial charge in [0.25, 0.3) is 0 Å². The predicted octanol–water partition coefficient (Wildman–Crippen LogP) is 4.21. The Morgan fingerprint density at radius 3 is 2.61 bits per heavy atom. The number of ether oxygens (including phenoxy) is 1. The molecule has 5 rings (SSSR count). The zero-order chi connectivity index (χ0) is 20.9. The Morgan fingerprint density at radius 1 is 1.06 bits per heavy atom. The quantitative estimate of drug-likeness (QED) is 0.293. The third kappa shape index (κ3) is 5.20. The van der Waals surface area contributed by atoms with Crippen LogP contribution in [0.3, 0.4) is 0 Å². The van der Waals surface area contributed by atoms with Gasteiger partial charge in [-0.15, -0.1) is 12.1 Å². The molecule has 6 nitrogen and oxygen atoms in total. The van der Waals surface area contributed by atoms with Crippen LogP contribution in [0.1, 0.15) is 0 Å². The Bertz CT molecular complexity index is 1240. The molecule has 3 aromatic heterocycles. The van der Waals surface area contributed by atoms with Gasteiger partial charge in [-0.2, -0.15) is 0 Å². The second-order valence-corrected chi connectivity index (χ2v) is 6.08. The molecule has 31 heavy (non-hydrogen) atoms. The Morgan fingerprint density at radius 2 is 1.90 bits per heavy atom. The van der Waals surface area contributed by atoms with Crippen molar-refractivity contribution in [2.75, 3.05) is 7.11 Å². The van der Waals surface area contributed by atoms with Gasteiger partial charge < -0.3 is 24.4 Å². The number of para-hydroxylation sites is 2. The summed E-state index contributed by atoms with van der Waals surface area (Å²) in [5.74, 6) is -0.178. The van der Waals surface area contributed by atoms with Gasteiger partial charge in [-0.05, 0) is 30.1 Å². The molecule has 0 bridgehead atoms. The van der Waals surface area contributed by atoms with Gasteiger partial charge >= 0.3 is 0 Å². The molecule has 0 unspecified atom stereocenters. The van der Waals surface area contributed by atoms with Crippen LogP contribution in [0, 0.1) is 17.7 Å². The normalized spacial score (nSPS) is 10.2. The number of aromatic nitrogens is 5. The van der Waals surface area contributed by atoms with E-state index in [4.69, 9.17) is 4.74 Å². The first-order chi connectivity index (χ1) is 14.6. The third-order valence-corrected chi connectivity index (χ3v) is 4.11. The minimum atomic E-state index is -0.694. The predicted molar refractivity (Wildman–Crippen MR) is 107 cm³/mol. The summed E-state index contributed by atoms with van der Waals surface area (Å²) in [5.41, 5.74) is 2.29. The summed E-state index contributed by atoms with van der Waals surface area (Å²) in [6.07, 6.45) is 5.03. The molecule has 0 amide bonds. The van der Waals surface area contributed by atoms with Crippen LogP contribution in [0.4, 0.5) is 8.78 Å². The maximum atomic E-state index is 13.4. The van der Waals surface area contributed by atoms with Crippen molar-refractivity contribution in [3.8, 4) is 23.0 Å². The van der Waals surface area contributed by atoms with E-state index in [2.05, 4.69) is 26.1 Å². The molecule has 9 heteroatoms. The van der Waals surface area contributed by atoms with Crippen LogP contribution in [0.25, 0.3) is 28.2 Å². The Balaban J connectivity index is 0.000000171. The Hall–Kier alpha value is -3.42. The summed E-state index contributed by atoms with van der Waals surface area (Å²) in [4.78, 5) is 12.7. The first-order valence-corrected chi connectivity index (χ1v) is 8.90. The topological polar surface area (TPSA) is 66.9 Å². The number of rotatable bonds is 3. The van der Waals surface area contributed by atoms with Gasteiger partial charge in [0, 0.05) is 61.1 Å². The molecule has 1 radical (unpaired) electrons. The van der Waals surface area contributed by atoms with Crippen LogP contribution in [-0.4, -0.2) is 26.9 Å². The average Bonchev–Trinajstić information content (AvgIpc) is 3.44. The molecule has 3 heterocycles. The molecular weight excluding hydrogens is 580 g/mol. The van der Waals surface area contributed by atoms with Crippen LogP contribution in [-0.2, 0) is 20.1 Å². The molecule has 0 aliphatic rings. The second-order valence-electron chi connectivity index (χ2n) is 6.08. The molecule has 0 aliphatic heterocycles. The number of hydrogen-bond donors (Lipinski definition) is 0. The standard InChI is InChI=1S/C12H8F2NO.C10H7N4.Ir/c1-16-9-4-5-15-12(7-9)10-3-2-8(13)6-11(10)14;1-2-5-9-8(4-1)12-10(13-9)14-7-3-6-11-14;/h2,4-7H,1H3;1-7H;/q2*-1;. The van der Waals surface area contributed by atoms with Crippen LogP contribution < -0.4 is 9.72 Å². The molecule has 0 N–H and O–H groups in total. The van der Waals surface area contributed by atoms with E-state index in [0.29, 0.717) is 17.4 Å². The van der Waals surface area contributed by atoms with Crippen molar-refractivity contribution in [3.05, 3.63) is 90.9 Å². The van der Waals surface area contributed by atoms with E-state index in [-0.39, 0.29) is 25.7 Å². The minimum absolute atomic E-state index is 0. The number of imidazole rings is 1. The van der Waals surface area contributed by atoms with Gasteiger partial charge in [0.1, 0.15) is 5.75 Å². The van der Waals surface area contributed by atoms with Crippen molar-refractivity contribution in [1.29, 1.82) is 0 Å². The Labute approximate surface area is 190 Å². The van der Waals surface area contributed by atoms with Crippen molar-refractivity contribution >= 4 is 11.0 Å². The molecule has 159 valence electrons. The molecule has 0 atom stereocenters. The summed E-state index contributed by atoms with van der Waals surface area (Å²) < 4.78 is 32.8. The monoisotopic (exact) mass is 596 g/mol. The number of fused-ring (bicyclic) bond motifs is 1. The average molecular weight is 596 g/mol. The van der Waals surface area contributed by atoms with E-state index in [0.717, 1.165) is 23.2 Å². The third-order valence-electron chi connectivity index (χ3n) is 4.11. The zero-order valence-electron chi connectivity index (χ0n) is 16.2. The van der Waals surface area contributed by atoms with Gasteiger partial charge in [0.05, 0.1) is 7.11 Å². The molecular formula is C22H15F2IrN5O-2. The fourth-order valence-electron chi connectivity index (χ4n) is 2.70. The van der Waals surface area contributed by atoms with Crippen molar-refractivity contribution in [2.24, 2.45) is 0 Å². The van der Waals surface area contributed by atoms with E-state index < -0.39 is 11.6 Å². The van der Waals surface area contributed by atoms with Crippen LogP contribution in [0.2, 0.25) is 0 Å². The van der Waals surface area contributed by atoms with Gasteiger partial charge in [0.15, 0.2) is 0 Å². The fraction of sp³-hybridized carbons (Fsp3) is 0.0455.